The van der Waals surface area contributed by atoms with Crippen LogP contribution in [0.1, 0.15) is 12.8 Å². The van der Waals surface area contributed by atoms with Gasteiger partial charge in [-0.25, -0.2) is 17.8 Å². The minimum atomic E-state index is -3.58. The summed E-state index contributed by atoms with van der Waals surface area (Å²) >= 11 is 23.5. The first kappa shape index (κ1) is 28.2. The van der Waals surface area contributed by atoms with Crippen LogP contribution in [0.3, 0.4) is 0 Å². The molecule has 13 heteroatoms. The molecule has 0 radical (unpaired) electrons. The monoisotopic (exact) mass is 533 g/mol. The van der Waals surface area contributed by atoms with Crippen LogP contribution in [0.15, 0.2) is 0 Å². The van der Waals surface area contributed by atoms with Crippen molar-refractivity contribution in [1.82, 2.24) is 14.2 Å². The molecule has 1 aliphatic rings. The van der Waals surface area contributed by atoms with E-state index in [1.165, 1.54) is 0 Å². The van der Waals surface area contributed by atoms with Crippen molar-refractivity contribution < 1.29 is 17.5 Å². The van der Waals surface area contributed by atoms with Gasteiger partial charge in [0, 0.05) is 56.2 Å². The van der Waals surface area contributed by atoms with Crippen LogP contribution in [0.5, 0.6) is 0 Å². The molecular weight excluding hydrogens is 503 g/mol. The lowest BCUT2D eigenvalue weighted by Crippen LogP contribution is -2.38. The molecule has 0 amide bonds. The maximum absolute atomic E-state index is 13.8. The predicted octanol–water partition coefficient (Wildman–Crippen LogP) is 3.18. The Morgan fingerprint density at radius 3 is 1.69 bits per heavy atom. The smallest absolute Gasteiger partial charge is 0.305 e. The van der Waals surface area contributed by atoms with E-state index in [4.69, 9.17) is 50.9 Å². The molecule has 1 heterocycles. The van der Waals surface area contributed by atoms with Gasteiger partial charge in [-0.3, -0.25) is 4.57 Å². The number of hydrogen-bond acceptors (Lipinski definition) is 5. The summed E-state index contributed by atoms with van der Waals surface area (Å²) in [4.78, 5) is 2.15. The summed E-state index contributed by atoms with van der Waals surface area (Å²) in [7, 11) is -6.90. The Kier molecular flexibility index (Phi) is 14.7. The average Bonchev–Trinajstić information content (AvgIpc) is 3.19. The summed E-state index contributed by atoms with van der Waals surface area (Å²) in [5.41, 5.74) is 0. The topological polar surface area (TPSA) is 70.2 Å². The fraction of sp³-hybridized carbons (Fsp3) is 1.00. The van der Waals surface area contributed by atoms with Crippen LogP contribution in [0.25, 0.3) is 0 Å². The number of hydrogen-bond donors (Lipinski definition) is 0. The number of alkyl halides is 4. The van der Waals surface area contributed by atoms with Crippen LogP contribution in [-0.4, -0.2) is 110 Å². The predicted molar refractivity (Wildman–Crippen MR) is 124 cm³/mol. The van der Waals surface area contributed by atoms with Crippen LogP contribution in [0.4, 0.5) is 0 Å². The minimum absolute atomic E-state index is 0.0702. The number of halogens is 4. The van der Waals surface area contributed by atoms with Gasteiger partial charge in [0.2, 0.25) is 0 Å². The van der Waals surface area contributed by atoms with Crippen molar-refractivity contribution in [2.45, 2.75) is 12.8 Å². The van der Waals surface area contributed by atoms with Crippen molar-refractivity contribution in [2.75, 3.05) is 87.4 Å². The molecule has 29 heavy (non-hydrogen) atoms. The molecule has 0 N–H and O–H groups in total. The molecule has 0 aromatic heterocycles. The molecule has 0 bridgehead atoms. The Hall–Kier alpha value is 1.18. The van der Waals surface area contributed by atoms with Gasteiger partial charge in [-0.1, -0.05) is 0 Å². The van der Waals surface area contributed by atoms with Gasteiger partial charge in [0.05, 0.1) is 18.1 Å². The zero-order chi connectivity index (χ0) is 21.8. The quantitative estimate of drug-likeness (QED) is 0.209. The van der Waals surface area contributed by atoms with Crippen molar-refractivity contribution in [3.05, 3.63) is 0 Å². The lowest BCUT2D eigenvalue weighted by molar-refractivity contribution is 0.226. The highest BCUT2D eigenvalue weighted by molar-refractivity contribution is 7.91. The van der Waals surface area contributed by atoms with E-state index in [1.807, 2.05) is 0 Å². The van der Waals surface area contributed by atoms with E-state index >= 15 is 0 Å². The summed E-state index contributed by atoms with van der Waals surface area (Å²) in [5, 5.41) is 0. The second kappa shape index (κ2) is 15.1. The van der Waals surface area contributed by atoms with E-state index in [0.29, 0.717) is 6.54 Å². The fourth-order valence-electron chi connectivity index (χ4n) is 3.12. The molecule has 1 fully saturated rings. The van der Waals surface area contributed by atoms with Crippen molar-refractivity contribution in [3.8, 4) is 0 Å². The average molecular weight is 535 g/mol. The molecule has 0 aromatic rings. The van der Waals surface area contributed by atoms with E-state index in [2.05, 4.69) is 4.90 Å². The highest BCUT2D eigenvalue weighted by atomic mass is 35.5. The van der Waals surface area contributed by atoms with Gasteiger partial charge in [0.15, 0.2) is 9.84 Å². The summed E-state index contributed by atoms with van der Waals surface area (Å²) in [6, 6.07) is 0. The summed E-state index contributed by atoms with van der Waals surface area (Å²) in [5.74, 6) is 0.792. The third-order valence-corrected chi connectivity index (χ3v) is 9.67. The van der Waals surface area contributed by atoms with Crippen LogP contribution >= 0.6 is 54.1 Å². The number of nitrogens with zero attached hydrogens (tertiary/aromatic N) is 3. The zero-order valence-electron chi connectivity index (χ0n) is 16.7. The van der Waals surface area contributed by atoms with Crippen LogP contribution in [-0.2, 0) is 18.9 Å². The third kappa shape index (κ3) is 10.1. The van der Waals surface area contributed by atoms with Gasteiger partial charge in [0.25, 0.3) is 0 Å². The second-order valence-corrected chi connectivity index (χ2v) is 12.9. The Morgan fingerprint density at radius 2 is 1.28 bits per heavy atom. The Bertz CT molecular complexity index is 565. The summed E-state index contributed by atoms with van der Waals surface area (Å²) < 4.78 is 47.5. The van der Waals surface area contributed by atoms with Gasteiger partial charge in [-0.2, -0.15) is 0 Å². The van der Waals surface area contributed by atoms with Crippen molar-refractivity contribution in [2.24, 2.45) is 0 Å². The lowest BCUT2D eigenvalue weighted by atomic mass is 10.4. The third-order valence-electron chi connectivity index (χ3n) is 4.66. The maximum atomic E-state index is 13.8. The normalized spacial score (nSPS) is 16.3. The van der Waals surface area contributed by atoms with E-state index < -0.39 is 17.5 Å². The van der Waals surface area contributed by atoms with Gasteiger partial charge in [0.1, 0.15) is 0 Å². The Labute approximate surface area is 195 Å². The Morgan fingerprint density at radius 1 is 0.828 bits per heavy atom. The maximum Gasteiger partial charge on any atom is 0.346 e. The molecule has 0 spiro atoms. The van der Waals surface area contributed by atoms with Crippen LogP contribution < -0.4 is 0 Å². The highest BCUT2D eigenvalue weighted by Gasteiger charge is 2.38. The lowest BCUT2D eigenvalue weighted by Gasteiger charge is -2.37. The van der Waals surface area contributed by atoms with E-state index in [0.717, 1.165) is 25.9 Å². The zero-order valence-corrected chi connectivity index (χ0v) is 21.4. The van der Waals surface area contributed by atoms with Crippen molar-refractivity contribution in [3.63, 3.8) is 0 Å². The van der Waals surface area contributed by atoms with Crippen molar-refractivity contribution >= 4 is 63.9 Å². The summed E-state index contributed by atoms with van der Waals surface area (Å²) in [6.45, 7) is 3.38. The molecule has 0 aliphatic carbocycles. The van der Waals surface area contributed by atoms with Gasteiger partial charge in [-0.05, 0) is 25.9 Å². The van der Waals surface area contributed by atoms with Crippen LogP contribution in [0.2, 0.25) is 0 Å². The number of sulfone groups is 1. The van der Waals surface area contributed by atoms with E-state index in [9.17, 15) is 13.0 Å². The molecule has 1 rings (SSSR count). The minimum Gasteiger partial charge on any atom is -0.305 e. The molecule has 0 unspecified atom stereocenters. The molecular formula is C16H32Cl4N3O4PS. The van der Waals surface area contributed by atoms with Crippen LogP contribution in [0, 0.1) is 0 Å². The molecule has 7 nitrogen and oxygen atoms in total. The molecule has 174 valence electrons. The first-order valence-electron chi connectivity index (χ1n) is 9.75. The van der Waals surface area contributed by atoms with Gasteiger partial charge < -0.3 is 9.42 Å². The van der Waals surface area contributed by atoms with E-state index in [-0.39, 0.29) is 67.8 Å². The molecule has 1 saturated heterocycles. The molecule has 0 atom stereocenters. The number of likely N-dealkylation sites (tertiary alicyclic amines) is 1. The fourth-order valence-corrected chi connectivity index (χ4v) is 8.03. The van der Waals surface area contributed by atoms with Gasteiger partial charge in [-0.15, -0.1) is 46.4 Å². The number of rotatable bonds is 17. The first-order valence-corrected chi connectivity index (χ1v) is 15.2. The highest BCUT2D eigenvalue weighted by Crippen LogP contribution is 2.54. The van der Waals surface area contributed by atoms with Crippen molar-refractivity contribution in [1.29, 1.82) is 0 Å². The molecule has 1 aliphatic heterocycles. The second-order valence-electron chi connectivity index (χ2n) is 6.69. The Balaban J connectivity index is 2.79. The SMILES string of the molecule is O=P(OCCS(=O)(=O)CCN1CCCC1)(N(CCCl)CCCl)N(CCCl)CCCl. The van der Waals surface area contributed by atoms with E-state index in [1.54, 1.807) is 9.34 Å². The summed E-state index contributed by atoms with van der Waals surface area (Å²) in [6.07, 6.45) is 2.22. The van der Waals surface area contributed by atoms with Gasteiger partial charge >= 0.3 is 7.67 Å². The first-order chi connectivity index (χ1) is 13.8. The standard InChI is InChI=1S/C16H32Cl4N3O4PS/c17-3-9-22(10-4-18)28(24,23(11-5-19)12-6-20)27-14-16-29(25,26)15-13-21-7-1-2-8-21/h1-16H2. The molecule has 0 saturated carbocycles. The largest absolute Gasteiger partial charge is 0.346 e. The molecule has 0 aromatic carbocycles.